The van der Waals surface area contributed by atoms with Crippen molar-refractivity contribution >= 4 is 5.91 Å². The summed E-state index contributed by atoms with van der Waals surface area (Å²) in [7, 11) is 1.89. The molecule has 17 heavy (non-hydrogen) atoms. The molecule has 92 valence electrons. The Morgan fingerprint density at radius 3 is 3.18 bits per heavy atom. The Labute approximate surface area is 101 Å². The average Bonchev–Trinajstić information content (AvgIpc) is 2.95. The standard InChI is InChI=1S/C12H18N4O/c1-15-7-10(14-8-15)12(17)16-4-2-3-9-5-13-6-11(9)16/h7-9,11,13H,2-6H2,1H3. The fourth-order valence-electron chi connectivity index (χ4n) is 2.99. The van der Waals surface area contributed by atoms with E-state index in [1.807, 2.05) is 16.5 Å². The summed E-state index contributed by atoms with van der Waals surface area (Å²) in [4.78, 5) is 18.5. The Hall–Kier alpha value is -1.36. The summed E-state index contributed by atoms with van der Waals surface area (Å²) >= 11 is 0. The van der Waals surface area contributed by atoms with E-state index in [1.54, 1.807) is 12.5 Å². The molecule has 3 rings (SSSR count). The average molecular weight is 234 g/mol. The van der Waals surface area contributed by atoms with E-state index < -0.39 is 0 Å². The van der Waals surface area contributed by atoms with Crippen molar-refractivity contribution in [2.45, 2.75) is 18.9 Å². The molecule has 2 unspecified atom stereocenters. The molecule has 0 radical (unpaired) electrons. The lowest BCUT2D eigenvalue weighted by atomic mass is 9.92. The number of amides is 1. The van der Waals surface area contributed by atoms with Gasteiger partial charge in [-0.15, -0.1) is 0 Å². The number of nitrogens with one attached hydrogen (secondary N) is 1. The fraction of sp³-hybridized carbons (Fsp3) is 0.667. The molecule has 2 aliphatic heterocycles. The number of carbonyl (C=O) groups excluding carboxylic acids is 1. The first-order valence-corrected chi connectivity index (χ1v) is 6.25. The molecule has 5 heteroatoms. The number of imidazole rings is 1. The lowest BCUT2D eigenvalue weighted by Crippen LogP contribution is -2.48. The van der Waals surface area contributed by atoms with Crippen LogP contribution in [0, 0.1) is 5.92 Å². The SMILES string of the molecule is Cn1cnc(C(=O)N2CCCC3CNCC32)c1. The second-order valence-corrected chi connectivity index (χ2v) is 5.05. The maximum Gasteiger partial charge on any atom is 0.274 e. The molecule has 1 amide bonds. The second-order valence-electron chi connectivity index (χ2n) is 5.05. The molecule has 0 aromatic carbocycles. The van der Waals surface area contributed by atoms with Gasteiger partial charge in [-0.2, -0.15) is 0 Å². The Balaban J connectivity index is 1.81. The number of rotatable bonds is 1. The highest BCUT2D eigenvalue weighted by atomic mass is 16.2. The monoisotopic (exact) mass is 234 g/mol. The molecule has 0 bridgehead atoms. The predicted molar refractivity (Wildman–Crippen MR) is 63.6 cm³/mol. The molecule has 0 spiro atoms. The van der Waals surface area contributed by atoms with Gasteiger partial charge >= 0.3 is 0 Å². The van der Waals surface area contributed by atoms with Gasteiger partial charge in [-0.3, -0.25) is 4.79 Å². The van der Waals surface area contributed by atoms with Crippen molar-refractivity contribution in [2.24, 2.45) is 13.0 Å². The Morgan fingerprint density at radius 2 is 2.41 bits per heavy atom. The zero-order valence-electron chi connectivity index (χ0n) is 10.1. The number of nitrogens with zero attached hydrogens (tertiary/aromatic N) is 3. The number of piperidine rings is 1. The predicted octanol–water partition coefficient (Wildman–Crippen LogP) is 0.244. The van der Waals surface area contributed by atoms with Crippen LogP contribution in [0.3, 0.4) is 0 Å². The molecular weight excluding hydrogens is 216 g/mol. The molecule has 3 heterocycles. The molecule has 2 fully saturated rings. The number of aryl methyl sites for hydroxylation is 1. The number of carbonyl (C=O) groups is 1. The molecule has 2 aliphatic rings. The highest BCUT2D eigenvalue weighted by molar-refractivity contribution is 5.92. The summed E-state index contributed by atoms with van der Waals surface area (Å²) in [5, 5.41) is 3.39. The van der Waals surface area contributed by atoms with Crippen LogP contribution in [0.5, 0.6) is 0 Å². The van der Waals surface area contributed by atoms with E-state index in [9.17, 15) is 4.79 Å². The number of hydrogen-bond donors (Lipinski definition) is 1. The van der Waals surface area contributed by atoms with Gasteiger partial charge in [-0.05, 0) is 18.8 Å². The smallest absolute Gasteiger partial charge is 0.274 e. The first kappa shape index (κ1) is 10.8. The largest absolute Gasteiger partial charge is 0.340 e. The summed E-state index contributed by atoms with van der Waals surface area (Å²) in [6, 6.07) is 0.373. The van der Waals surface area contributed by atoms with Crippen molar-refractivity contribution in [1.29, 1.82) is 0 Å². The van der Waals surface area contributed by atoms with E-state index in [2.05, 4.69) is 10.3 Å². The van der Waals surface area contributed by atoms with Gasteiger partial charge in [0.2, 0.25) is 0 Å². The van der Waals surface area contributed by atoms with Gasteiger partial charge in [0.05, 0.1) is 6.33 Å². The molecular formula is C12H18N4O. The first-order chi connectivity index (χ1) is 8.25. The van der Waals surface area contributed by atoms with Crippen molar-refractivity contribution in [1.82, 2.24) is 19.8 Å². The van der Waals surface area contributed by atoms with Gasteiger partial charge in [-0.1, -0.05) is 0 Å². The number of hydrogen-bond acceptors (Lipinski definition) is 3. The van der Waals surface area contributed by atoms with E-state index in [0.717, 1.165) is 26.1 Å². The molecule has 0 aliphatic carbocycles. The molecule has 1 N–H and O–H groups in total. The zero-order chi connectivity index (χ0) is 11.8. The topological polar surface area (TPSA) is 50.2 Å². The number of fused-ring (bicyclic) bond motifs is 1. The van der Waals surface area contributed by atoms with E-state index >= 15 is 0 Å². The molecule has 5 nitrogen and oxygen atoms in total. The Kier molecular flexibility index (Phi) is 2.63. The minimum absolute atomic E-state index is 0.0870. The minimum Gasteiger partial charge on any atom is -0.340 e. The second kappa shape index (κ2) is 4.14. The Morgan fingerprint density at radius 1 is 1.53 bits per heavy atom. The first-order valence-electron chi connectivity index (χ1n) is 6.25. The summed E-state index contributed by atoms with van der Waals surface area (Å²) in [6.45, 7) is 2.86. The summed E-state index contributed by atoms with van der Waals surface area (Å²) < 4.78 is 1.82. The van der Waals surface area contributed by atoms with Crippen LogP contribution in [0.4, 0.5) is 0 Å². The normalized spacial score (nSPS) is 28.2. The highest BCUT2D eigenvalue weighted by Gasteiger charge is 2.37. The van der Waals surface area contributed by atoms with Gasteiger partial charge in [0.15, 0.2) is 0 Å². The molecule has 0 saturated carbocycles. The lowest BCUT2D eigenvalue weighted by Gasteiger charge is -2.36. The quantitative estimate of drug-likeness (QED) is 0.757. The van der Waals surface area contributed by atoms with Crippen LogP contribution in [0.15, 0.2) is 12.5 Å². The maximum atomic E-state index is 12.4. The highest BCUT2D eigenvalue weighted by Crippen LogP contribution is 2.27. The lowest BCUT2D eigenvalue weighted by molar-refractivity contribution is 0.0569. The fourth-order valence-corrected chi connectivity index (χ4v) is 2.99. The molecule has 2 atom stereocenters. The third kappa shape index (κ3) is 1.84. The van der Waals surface area contributed by atoms with E-state index in [4.69, 9.17) is 0 Å². The third-order valence-electron chi connectivity index (χ3n) is 3.86. The Bertz CT molecular complexity index is 428. The van der Waals surface area contributed by atoms with Gasteiger partial charge < -0.3 is 14.8 Å². The van der Waals surface area contributed by atoms with Crippen LogP contribution in [-0.2, 0) is 7.05 Å². The van der Waals surface area contributed by atoms with Crippen LogP contribution in [0.1, 0.15) is 23.3 Å². The van der Waals surface area contributed by atoms with Crippen LogP contribution in [0.2, 0.25) is 0 Å². The number of likely N-dealkylation sites (tertiary alicyclic amines) is 1. The van der Waals surface area contributed by atoms with Crippen LogP contribution < -0.4 is 5.32 Å². The van der Waals surface area contributed by atoms with Gasteiger partial charge in [0.1, 0.15) is 5.69 Å². The van der Waals surface area contributed by atoms with Crippen molar-refractivity contribution in [3.63, 3.8) is 0 Å². The van der Waals surface area contributed by atoms with Crippen LogP contribution in [0.25, 0.3) is 0 Å². The van der Waals surface area contributed by atoms with Crippen molar-refractivity contribution in [3.8, 4) is 0 Å². The van der Waals surface area contributed by atoms with Crippen molar-refractivity contribution in [3.05, 3.63) is 18.2 Å². The van der Waals surface area contributed by atoms with Crippen LogP contribution in [-0.4, -0.2) is 46.0 Å². The maximum absolute atomic E-state index is 12.4. The van der Waals surface area contributed by atoms with Gasteiger partial charge in [-0.25, -0.2) is 4.98 Å². The molecule has 2 saturated heterocycles. The van der Waals surface area contributed by atoms with E-state index in [-0.39, 0.29) is 5.91 Å². The summed E-state index contributed by atoms with van der Waals surface area (Å²) in [5.74, 6) is 0.723. The van der Waals surface area contributed by atoms with E-state index in [1.165, 1.54) is 6.42 Å². The van der Waals surface area contributed by atoms with Gasteiger partial charge in [0.25, 0.3) is 5.91 Å². The summed E-state index contributed by atoms with van der Waals surface area (Å²) in [5.41, 5.74) is 0.569. The molecule has 1 aromatic rings. The molecule has 1 aromatic heterocycles. The summed E-state index contributed by atoms with van der Waals surface area (Å²) in [6.07, 6.45) is 5.83. The van der Waals surface area contributed by atoms with Crippen LogP contribution >= 0.6 is 0 Å². The van der Waals surface area contributed by atoms with Crippen molar-refractivity contribution in [2.75, 3.05) is 19.6 Å². The van der Waals surface area contributed by atoms with Crippen molar-refractivity contribution < 1.29 is 4.79 Å². The zero-order valence-corrected chi connectivity index (χ0v) is 10.1. The third-order valence-corrected chi connectivity index (χ3v) is 3.86. The van der Waals surface area contributed by atoms with Gasteiger partial charge in [0, 0.05) is 38.9 Å². The minimum atomic E-state index is 0.0870. The number of aromatic nitrogens is 2. The van der Waals surface area contributed by atoms with E-state index in [0.29, 0.717) is 17.7 Å².